The molecule has 61 heavy (non-hydrogen) atoms. The minimum absolute atomic E-state index is 0.0705. The Morgan fingerprint density at radius 3 is 1.05 bits per heavy atom. The molecule has 3 N–H and O–H groups in total. The van der Waals surface area contributed by atoms with Crippen molar-refractivity contribution in [1.29, 1.82) is 0 Å². The lowest BCUT2D eigenvalue weighted by Gasteiger charge is -2.19. The maximum Gasteiger partial charge on any atom is 0.220 e. The molecule has 0 aliphatic rings. The van der Waals surface area contributed by atoms with Crippen LogP contribution in [-0.2, 0) is 4.79 Å². The normalized spacial score (nSPS) is 13.2. The summed E-state index contributed by atoms with van der Waals surface area (Å²) in [5.74, 6) is -0.0705. The van der Waals surface area contributed by atoms with Crippen LogP contribution in [0, 0.1) is 0 Å². The van der Waals surface area contributed by atoms with Gasteiger partial charge in [-0.25, -0.2) is 0 Å². The van der Waals surface area contributed by atoms with Gasteiger partial charge in [0.05, 0.1) is 18.8 Å². The predicted molar refractivity (Wildman–Crippen MR) is 271 cm³/mol. The summed E-state index contributed by atoms with van der Waals surface area (Å²) >= 11 is 0. The molecule has 1 amide bonds. The fraction of sp³-hybridized carbons (Fsp3) is 0.842. The van der Waals surface area contributed by atoms with E-state index in [1.54, 1.807) is 6.08 Å². The van der Waals surface area contributed by atoms with Gasteiger partial charge in [0.15, 0.2) is 0 Å². The summed E-state index contributed by atoms with van der Waals surface area (Å²) in [4.78, 5) is 12.4. The summed E-state index contributed by atoms with van der Waals surface area (Å²) in [5, 5.41) is 23.0. The van der Waals surface area contributed by atoms with Crippen molar-refractivity contribution in [2.75, 3.05) is 6.61 Å². The molecule has 0 radical (unpaired) electrons. The zero-order valence-electron chi connectivity index (χ0n) is 41.2. The summed E-state index contributed by atoms with van der Waals surface area (Å²) < 4.78 is 0. The first kappa shape index (κ1) is 59.4. The molecule has 0 heterocycles. The molecule has 0 aliphatic heterocycles. The molecule has 0 rings (SSSR count). The Labute approximate surface area is 382 Å². The van der Waals surface area contributed by atoms with Gasteiger partial charge in [-0.05, 0) is 64.2 Å². The van der Waals surface area contributed by atoms with E-state index in [4.69, 9.17) is 0 Å². The van der Waals surface area contributed by atoms with E-state index in [2.05, 4.69) is 55.6 Å². The zero-order valence-corrected chi connectivity index (χ0v) is 41.2. The van der Waals surface area contributed by atoms with Gasteiger partial charge >= 0.3 is 0 Å². The first-order valence-corrected chi connectivity index (χ1v) is 27.4. The molecule has 0 saturated carbocycles. The smallest absolute Gasteiger partial charge is 0.220 e. The lowest BCUT2D eigenvalue weighted by Crippen LogP contribution is -2.45. The van der Waals surface area contributed by atoms with E-state index in [9.17, 15) is 15.0 Å². The Morgan fingerprint density at radius 1 is 0.393 bits per heavy atom. The molecular weight excluding hydrogens is 747 g/mol. The molecule has 0 aliphatic carbocycles. The SMILES string of the molecule is CCCCCCC/C=C\C/C=C\CCCCCCCCCCCCCCCCCCCCCCCCCC(=O)NC(CO)C(O)/C=C/CC/C=C/CCCCCCCCCC. The number of hydrogen-bond donors (Lipinski definition) is 3. The summed E-state index contributed by atoms with van der Waals surface area (Å²) in [6.07, 6.45) is 72.8. The molecule has 2 unspecified atom stereocenters. The third-order valence-corrected chi connectivity index (χ3v) is 12.5. The molecule has 4 heteroatoms. The van der Waals surface area contributed by atoms with E-state index >= 15 is 0 Å². The Balaban J connectivity index is 3.43. The van der Waals surface area contributed by atoms with Crippen molar-refractivity contribution in [3.8, 4) is 0 Å². The molecule has 358 valence electrons. The standard InChI is InChI=1S/C57H107NO3/c1-3-5-7-9-11-13-15-17-19-20-21-22-23-24-25-26-27-28-29-30-31-32-33-34-35-36-37-38-39-41-43-45-47-49-51-53-57(61)58-55(54-59)56(60)52-50-48-46-44-42-40-18-16-14-12-10-8-6-4-2/h15,17,20-21,42,44,50,52,55-56,59-60H,3-14,16,18-19,22-41,43,45-49,51,53-54H2,1-2H3,(H,58,61)/b17-15-,21-20-,44-42+,52-50+. The Bertz CT molecular complexity index is 970. The third-order valence-electron chi connectivity index (χ3n) is 12.5. The lowest BCUT2D eigenvalue weighted by atomic mass is 10.0. The third kappa shape index (κ3) is 49.2. The van der Waals surface area contributed by atoms with Crippen LogP contribution in [0.25, 0.3) is 0 Å². The monoisotopic (exact) mass is 854 g/mol. The van der Waals surface area contributed by atoms with E-state index in [1.807, 2.05) is 6.08 Å². The highest BCUT2D eigenvalue weighted by atomic mass is 16.3. The van der Waals surface area contributed by atoms with Crippen molar-refractivity contribution >= 4 is 5.91 Å². The second kappa shape index (κ2) is 52.7. The van der Waals surface area contributed by atoms with Gasteiger partial charge in [-0.15, -0.1) is 0 Å². The number of nitrogens with one attached hydrogen (secondary N) is 1. The number of amides is 1. The van der Waals surface area contributed by atoms with Crippen LogP contribution in [0.1, 0.15) is 290 Å². The van der Waals surface area contributed by atoms with Gasteiger partial charge in [-0.3, -0.25) is 4.79 Å². The number of allylic oxidation sites excluding steroid dienone is 7. The zero-order chi connectivity index (χ0) is 44.2. The van der Waals surface area contributed by atoms with Crippen LogP contribution in [0.3, 0.4) is 0 Å². The molecule has 0 aromatic heterocycles. The Hall–Kier alpha value is -1.65. The number of aliphatic hydroxyl groups is 2. The van der Waals surface area contributed by atoms with E-state index in [1.165, 1.54) is 231 Å². The Morgan fingerprint density at radius 2 is 0.689 bits per heavy atom. The number of rotatable bonds is 50. The molecule has 0 aromatic rings. The van der Waals surface area contributed by atoms with Crippen molar-refractivity contribution in [2.45, 2.75) is 302 Å². The van der Waals surface area contributed by atoms with Crippen LogP contribution in [0.4, 0.5) is 0 Å². The average molecular weight is 854 g/mol. The predicted octanol–water partition coefficient (Wildman–Crippen LogP) is 17.9. The maximum absolute atomic E-state index is 12.4. The molecule has 2 atom stereocenters. The van der Waals surface area contributed by atoms with Crippen molar-refractivity contribution in [3.63, 3.8) is 0 Å². The van der Waals surface area contributed by atoms with Crippen LogP contribution in [-0.4, -0.2) is 34.9 Å². The summed E-state index contributed by atoms with van der Waals surface area (Å²) in [6, 6.07) is -0.637. The molecule has 0 fully saturated rings. The highest BCUT2D eigenvalue weighted by Gasteiger charge is 2.18. The second-order valence-electron chi connectivity index (χ2n) is 18.6. The van der Waals surface area contributed by atoms with Crippen LogP contribution in [0.5, 0.6) is 0 Å². The number of carbonyl (C=O) groups excluding carboxylic acids is 1. The summed E-state index contributed by atoms with van der Waals surface area (Å²) in [6.45, 7) is 4.29. The van der Waals surface area contributed by atoms with Gasteiger partial charge in [-0.2, -0.15) is 0 Å². The minimum Gasteiger partial charge on any atom is -0.394 e. The number of unbranched alkanes of at least 4 members (excludes halogenated alkanes) is 37. The van der Waals surface area contributed by atoms with E-state index in [-0.39, 0.29) is 12.5 Å². The molecule has 0 bridgehead atoms. The van der Waals surface area contributed by atoms with E-state index in [0.29, 0.717) is 6.42 Å². The molecule has 0 spiro atoms. The van der Waals surface area contributed by atoms with Crippen LogP contribution < -0.4 is 5.32 Å². The fourth-order valence-corrected chi connectivity index (χ4v) is 8.34. The summed E-state index contributed by atoms with van der Waals surface area (Å²) in [7, 11) is 0. The number of aliphatic hydroxyl groups excluding tert-OH is 2. The quantitative estimate of drug-likeness (QED) is 0.0422. The van der Waals surface area contributed by atoms with Gasteiger partial charge in [0.2, 0.25) is 5.91 Å². The van der Waals surface area contributed by atoms with Gasteiger partial charge in [0.25, 0.3) is 0 Å². The molecule has 0 saturated heterocycles. The van der Waals surface area contributed by atoms with Gasteiger partial charge in [-0.1, -0.05) is 268 Å². The van der Waals surface area contributed by atoms with Crippen molar-refractivity contribution in [2.24, 2.45) is 0 Å². The number of hydrogen-bond acceptors (Lipinski definition) is 3. The fourth-order valence-electron chi connectivity index (χ4n) is 8.34. The lowest BCUT2D eigenvalue weighted by molar-refractivity contribution is -0.123. The van der Waals surface area contributed by atoms with Gasteiger partial charge in [0, 0.05) is 6.42 Å². The number of carbonyl (C=O) groups is 1. The van der Waals surface area contributed by atoms with E-state index < -0.39 is 12.1 Å². The highest BCUT2D eigenvalue weighted by Crippen LogP contribution is 2.17. The first-order valence-electron chi connectivity index (χ1n) is 27.4. The van der Waals surface area contributed by atoms with Crippen LogP contribution in [0.15, 0.2) is 48.6 Å². The maximum atomic E-state index is 12.4. The molecule has 0 aromatic carbocycles. The average Bonchev–Trinajstić information content (AvgIpc) is 3.26. The van der Waals surface area contributed by atoms with Crippen molar-refractivity contribution < 1.29 is 15.0 Å². The topological polar surface area (TPSA) is 69.6 Å². The first-order chi connectivity index (χ1) is 30.2. The minimum atomic E-state index is -0.860. The summed E-state index contributed by atoms with van der Waals surface area (Å²) in [5.41, 5.74) is 0. The van der Waals surface area contributed by atoms with Crippen molar-refractivity contribution in [3.05, 3.63) is 48.6 Å². The molecule has 4 nitrogen and oxygen atoms in total. The van der Waals surface area contributed by atoms with Crippen LogP contribution >= 0.6 is 0 Å². The van der Waals surface area contributed by atoms with Gasteiger partial charge in [0.1, 0.15) is 0 Å². The molecular formula is C57H107NO3. The van der Waals surface area contributed by atoms with Crippen LogP contribution in [0.2, 0.25) is 0 Å². The largest absolute Gasteiger partial charge is 0.394 e. The second-order valence-corrected chi connectivity index (χ2v) is 18.6. The van der Waals surface area contributed by atoms with Gasteiger partial charge < -0.3 is 15.5 Å². The highest BCUT2D eigenvalue weighted by molar-refractivity contribution is 5.76. The van der Waals surface area contributed by atoms with E-state index in [0.717, 1.165) is 38.5 Å². The van der Waals surface area contributed by atoms with Crippen molar-refractivity contribution in [1.82, 2.24) is 5.32 Å². The Kier molecular flexibility index (Phi) is 51.3.